The van der Waals surface area contributed by atoms with Crippen LogP contribution in [0.3, 0.4) is 0 Å². The highest BCUT2D eigenvalue weighted by molar-refractivity contribution is 5.91. The second kappa shape index (κ2) is 8.96. The predicted molar refractivity (Wildman–Crippen MR) is 110 cm³/mol. The number of hydrogen-bond acceptors (Lipinski definition) is 6. The lowest BCUT2D eigenvalue weighted by Crippen LogP contribution is -2.14. The number of methoxy groups -OCH3 is 1. The van der Waals surface area contributed by atoms with Crippen molar-refractivity contribution in [3.63, 3.8) is 0 Å². The molecule has 3 aromatic rings. The molecule has 0 amide bonds. The van der Waals surface area contributed by atoms with Gasteiger partial charge < -0.3 is 15.0 Å². The van der Waals surface area contributed by atoms with E-state index in [1.54, 1.807) is 13.3 Å². The highest BCUT2D eigenvalue weighted by Crippen LogP contribution is 2.21. The minimum atomic E-state index is -0.472. The lowest BCUT2D eigenvalue weighted by Gasteiger charge is -2.10. The third-order valence-electron chi connectivity index (χ3n) is 3.87. The van der Waals surface area contributed by atoms with Gasteiger partial charge in [0.2, 0.25) is 0 Å². The van der Waals surface area contributed by atoms with Crippen molar-refractivity contribution in [3.8, 4) is 11.8 Å². The van der Waals surface area contributed by atoms with E-state index in [4.69, 9.17) is 4.74 Å². The summed E-state index contributed by atoms with van der Waals surface area (Å²) in [6, 6.07) is 18.6. The first-order valence-electron chi connectivity index (χ1n) is 8.39. The summed E-state index contributed by atoms with van der Waals surface area (Å²) in [5.74, 6) is 0.759. The third-order valence-corrected chi connectivity index (χ3v) is 3.87. The molecule has 0 saturated carbocycles. The quantitative estimate of drug-likeness (QED) is 0.512. The van der Waals surface area contributed by atoms with E-state index in [1.165, 1.54) is 12.4 Å². The van der Waals surface area contributed by atoms with Gasteiger partial charge in [-0.2, -0.15) is 15.5 Å². The van der Waals surface area contributed by atoms with E-state index in [-0.39, 0.29) is 5.56 Å². The van der Waals surface area contributed by atoms with Crippen LogP contribution >= 0.6 is 0 Å². The average Bonchev–Trinajstić information content (AvgIpc) is 2.74. The van der Waals surface area contributed by atoms with Gasteiger partial charge in [0.05, 0.1) is 25.2 Å². The van der Waals surface area contributed by atoms with Crippen molar-refractivity contribution in [1.29, 1.82) is 5.26 Å². The van der Waals surface area contributed by atoms with Crippen molar-refractivity contribution in [3.05, 3.63) is 87.8 Å². The Kier molecular flexibility index (Phi) is 5.95. The molecule has 2 aromatic carbocycles. The zero-order chi connectivity index (χ0) is 19.8. The zero-order valence-electron chi connectivity index (χ0n) is 15.1. The molecule has 138 valence electrons. The minimum absolute atomic E-state index is 0.0214. The Balaban J connectivity index is 1.86. The SMILES string of the molecule is COc1ccc(/C=N\N=C\c2c[nH]c(=O)c(C#N)c2Nc2ccccc2)cc1. The van der Waals surface area contributed by atoms with Crippen LogP contribution in [-0.4, -0.2) is 24.5 Å². The normalized spacial score (nSPS) is 10.9. The third kappa shape index (κ3) is 4.51. The maximum absolute atomic E-state index is 12.0. The number of nitriles is 1. The zero-order valence-corrected chi connectivity index (χ0v) is 15.1. The van der Waals surface area contributed by atoms with E-state index in [9.17, 15) is 10.1 Å². The molecule has 0 aliphatic heterocycles. The lowest BCUT2D eigenvalue weighted by atomic mass is 10.1. The molecule has 0 spiro atoms. The topological polar surface area (TPSA) is 103 Å². The van der Waals surface area contributed by atoms with E-state index < -0.39 is 5.56 Å². The highest BCUT2D eigenvalue weighted by atomic mass is 16.5. The van der Waals surface area contributed by atoms with E-state index in [0.29, 0.717) is 11.3 Å². The number of anilines is 2. The summed E-state index contributed by atoms with van der Waals surface area (Å²) in [6.07, 6.45) is 4.56. The molecule has 2 N–H and O–H groups in total. The maximum atomic E-state index is 12.0. The number of H-pyrrole nitrogens is 1. The van der Waals surface area contributed by atoms with Crippen LogP contribution in [0.15, 0.2) is 75.8 Å². The number of nitrogens with zero attached hydrogens (tertiary/aromatic N) is 3. The minimum Gasteiger partial charge on any atom is -0.497 e. The molecule has 0 aliphatic carbocycles. The smallest absolute Gasteiger partial charge is 0.268 e. The Morgan fingerprint density at radius 3 is 2.46 bits per heavy atom. The fourth-order valence-corrected chi connectivity index (χ4v) is 2.44. The summed E-state index contributed by atoms with van der Waals surface area (Å²) in [5, 5.41) is 20.5. The number of aromatic nitrogens is 1. The molecular formula is C21H17N5O2. The molecule has 1 aromatic heterocycles. The van der Waals surface area contributed by atoms with Gasteiger partial charge in [-0.05, 0) is 42.0 Å². The second-order valence-corrected chi connectivity index (χ2v) is 5.69. The van der Waals surface area contributed by atoms with Crippen LogP contribution < -0.4 is 15.6 Å². The Morgan fingerprint density at radius 1 is 1.07 bits per heavy atom. The van der Waals surface area contributed by atoms with Gasteiger partial charge in [0.1, 0.15) is 17.4 Å². The van der Waals surface area contributed by atoms with E-state index in [1.807, 2.05) is 60.7 Å². The molecule has 0 aliphatic rings. The van der Waals surface area contributed by atoms with Gasteiger partial charge in [0.15, 0.2) is 0 Å². The summed E-state index contributed by atoms with van der Waals surface area (Å²) < 4.78 is 5.11. The molecule has 28 heavy (non-hydrogen) atoms. The van der Waals surface area contributed by atoms with E-state index >= 15 is 0 Å². The molecule has 7 nitrogen and oxygen atoms in total. The van der Waals surface area contributed by atoms with Gasteiger partial charge in [-0.1, -0.05) is 18.2 Å². The molecule has 3 rings (SSSR count). The fraction of sp³-hybridized carbons (Fsp3) is 0.0476. The second-order valence-electron chi connectivity index (χ2n) is 5.69. The standard InChI is InChI=1S/C21H17N5O2/c1-28-18-9-7-15(8-10-18)12-24-25-14-16-13-23-21(27)19(11-22)20(16)26-17-5-3-2-4-6-17/h2-10,12-14H,1H3,(H2,23,26,27)/b24-12-,25-14+. The lowest BCUT2D eigenvalue weighted by molar-refractivity contribution is 0.415. The highest BCUT2D eigenvalue weighted by Gasteiger charge is 2.11. The first-order valence-corrected chi connectivity index (χ1v) is 8.39. The summed E-state index contributed by atoms with van der Waals surface area (Å²) in [4.78, 5) is 14.5. The summed E-state index contributed by atoms with van der Waals surface area (Å²) in [6.45, 7) is 0. The first kappa shape index (κ1) is 18.6. The average molecular weight is 371 g/mol. The Labute approximate surface area is 161 Å². The van der Waals surface area contributed by atoms with Crippen LogP contribution in [0, 0.1) is 11.3 Å². The van der Waals surface area contributed by atoms with Crippen molar-refractivity contribution in [2.75, 3.05) is 12.4 Å². The monoisotopic (exact) mass is 371 g/mol. The Hall–Kier alpha value is -4.18. The number of benzene rings is 2. The van der Waals surface area contributed by atoms with E-state index in [0.717, 1.165) is 17.0 Å². The first-order chi connectivity index (χ1) is 13.7. The molecule has 0 unspecified atom stereocenters. The van der Waals surface area contributed by atoms with Crippen LogP contribution in [0.25, 0.3) is 0 Å². The van der Waals surface area contributed by atoms with E-state index in [2.05, 4.69) is 20.5 Å². The van der Waals surface area contributed by atoms with Gasteiger partial charge in [-0.3, -0.25) is 4.79 Å². The summed E-state index contributed by atoms with van der Waals surface area (Å²) in [7, 11) is 1.61. The maximum Gasteiger partial charge on any atom is 0.268 e. The molecule has 7 heteroatoms. The molecule has 0 atom stereocenters. The van der Waals surface area contributed by atoms with Crippen LogP contribution in [0.1, 0.15) is 16.7 Å². The van der Waals surface area contributed by atoms with Gasteiger partial charge in [0.25, 0.3) is 5.56 Å². The van der Waals surface area contributed by atoms with Gasteiger partial charge in [-0.15, -0.1) is 0 Å². The number of ether oxygens (including phenoxy) is 1. The van der Waals surface area contributed by atoms with Crippen molar-refractivity contribution in [2.45, 2.75) is 0 Å². The number of aromatic amines is 1. The molecule has 0 saturated heterocycles. The molecular weight excluding hydrogens is 354 g/mol. The summed E-state index contributed by atoms with van der Waals surface area (Å²) >= 11 is 0. The fourth-order valence-electron chi connectivity index (χ4n) is 2.44. The van der Waals surface area contributed by atoms with Crippen LogP contribution in [-0.2, 0) is 0 Å². The molecule has 1 heterocycles. The largest absolute Gasteiger partial charge is 0.497 e. The predicted octanol–water partition coefficient (Wildman–Crippen LogP) is 3.45. The van der Waals surface area contributed by atoms with Gasteiger partial charge in [0, 0.05) is 17.4 Å². The van der Waals surface area contributed by atoms with Crippen molar-refractivity contribution in [1.82, 2.24) is 4.98 Å². The van der Waals surface area contributed by atoms with Crippen molar-refractivity contribution < 1.29 is 4.74 Å². The number of nitrogens with one attached hydrogen (secondary N) is 2. The van der Waals surface area contributed by atoms with Gasteiger partial charge in [-0.25, -0.2) is 0 Å². The number of para-hydroxylation sites is 1. The number of hydrogen-bond donors (Lipinski definition) is 2. The van der Waals surface area contributed by atoms with Crippen molar-refractivity contribution >= 4 is 23.8 Å². The number of rotatable bonds is 6. The Morgan fingerprint density at radius 2 is 1.79 bits per heavy atom. The number of pyridine rings is 1. The van der Waals surface area contributed by atoms with Crippen LogP contribution in [0.4, 0.5) is 11.4 Å². The Bertz CT molecular complexity index is 1090. The van der Waals surface area contributed by atoms with Crippen LogP contribution in [0.2, 0.25) is 0 Å². The molecule has 0 bridgehead atoms. The van der Waals surface area contributed by atoms with Gasteiger partial charge >= 0.3 is 0 Å². The summed E-state index contributed by atoms with van der Waals surface area (Å²) in [5.41, 5.74) is 2.03. The van der Waals surface area contributed by atoms with Crippen molar-refractivity contribution in [2.24, 2.45) is 10.2 Å². The molecule has 0 fully saturated rings. The molecule has 0 radical (unpaired) electrons. The van der Waals surface area contributed by atoms with Crippen LogP contribution in [0.5, 0.6) is 5.75 Å².